The molecule has 1 saturated carbocycles. The number of aromatic nitrogens is 3. The van der Waals surface area contributed by atoms with Crippen LogP contribution in [0.25, 0.3) is 32.9 Å². The first-order valence-electron chi connectivity index (χ1n) is 14.1. The van der Waals surface area contributed by atoms with Gasteiger partial charge in [-0.05, 0) is 56.0 Å². The zero-order valence-electron chi connectivity index (χ0n) is 22.8. The number of ether oxygens (including phenoxy) is 2. The molecule has 2 aromatic heterocycles. The second kappa shape index (κ2) is 10.4. The highest BCUT2D eigenvalue weighted by molar-refractivity contribution is 6.36. The average Bonchev–Trinajstić information content (AvgIpc) is 3.51. The minimum Gasteiger partial charge on any atom is -0.462 e. The molecule has 0 amide bonds. The summed E-state index contributed by atoms with van der Waals surface area (Å²) in [4.78, 5) is 18.7. The Balaban J connectivity index is 1.32. The van der Waals surface area contributed by atoms with E-state index in [1.165, 1.54) is 19.3 Å². The van der Waals surface area contributed by atoms with Crippen molar-refractivity contribution in [3.63, 3.8) is 0 Å². The standard InChI is InChI=1S/C31H33ClFN5O2/c1-37-16-22(39-2)12-21(37)17-40-31-35-29-24(30(36-31)38-14-18-9-10-19(11-18)15-38)13-34-28(27(29)33)23-7-3-5-20-6-4-8-25(32)26(20)23/h3-8,13,18-19,21-22H,9-12,14-17H2,1-2H3/t18?,19?,21-,22-/m0/s1. The van der Waals surface area contributed by atoms with E-state index < -0.39 is 5.82 Å². The van der Waals surface area contributed by atoms with Crippen molar-refractivity contribution in [1.82, 2.24) is 19.9 Å². The maximum Gasteiger partial charge on any atom is 0.319 e. The van der Waals surface area contributed by atoms with E-state index in [0.29, 0.717) is 40.2 Å². The summed E-state index contributed by atoms with van der Waals surface area (Å²) in [6, 6.07) is 11.8. The SMILES string of the molecule is CO[C@H]1C[C@@H](COc2nc(N3CC4CCC(C4)C3)c3cnc(-c4cccc5cccc(Cl)c45)c(F)c3n2)N(C)C1. The second-order valence-corrected chi connectivity index (χ2v) is 12.0. The number of benzene rings is 2. The van der Waals surface area contributed by atoms with Gasteiger partial charge in [0, 0.05) is 55.0 Å². The molecule has 7 rings (SSSR count). The predicted molar refractivity (Wildman–Crippen MR) is 156 cm³/mol. The molecule has 3 fully saturated rings. The molecule has 2 aliphatic heterocycles. The van der Waals surface area contributed by atoms with Gasteiger partial charge in [-0.3, -0.25) is 9.88 Å². The molecule has 2 aromatic carbocycles. The van der Waals surface area contributed by atoms with Crippen molar-refractivity contribution in [3.8, 4) is 17.3 Å². The summed E-state index contributed by atoms with van der Waals surface area (Å²) in [7, 11) is 3.81. The van der Waals surface area contributed by atoms with E-state index in [4.69, 9.17) is 26.1 Å². The molecule has 4 atom stereocenters. The van der Waals surface area contributed by atoms with Crippen LogP contribution in [0.1, 0.15) is 25.7 Å². The normalized spacial score (nSPS) is 24.9. The van der Waals surface area contributed by atoms with Gasteiger partial charge >= 0.3 is 6.01 Å². The number of methoxy groups -OCH3 is 1. The Morgan fingerprint density at radius 2 is 1.80 bits per heavy atom. The first-order valence-corrected chi connectivity index (χ1v) is 14.5. The van der Waals surface area contributed by atoms with Crippen LogP contribution in [-0.4, -0.2) is 72.4 Å². The van der Waals surface area contributed by atoms with Crippen molar-refractivity contribution in [2.24, 2.45) is 11.8 Å². The fourth-order valence-corrected chi connectivity index (χ4v) is 7.24. The number of fused-ring (bicyclic) bond motifs is 4. The molecule has 0 spiro atoms. The zero-order chi connectivity index (χ0) is 27.4. The first-order chi connectivity index (χ1) is 19.5. The van der Waals surface area contributed by atoms with E-state index in [9.17, 15) is 0 Å². The minimum absolute atomic E-state index is 0.175. The van der Waals surface area contributed by atoms with Gasteiger partial charge in [0.25, 0.3) is 0 Å². The van der Waals surface area contributed by atoms with Crippen LogP contribution in [0.2, 0.25) is 5.02 Å². The highest BCUT2D eigenvalue weighted by atomic mass is 35.5. The number of piperidine rings is 1. The van der Waals surface area contributed by atoms with Crippen molar-refractivity contribution in [3.05, 3.63) is 53.4 Å². The molecule has 9 heteroatoms. The van der Waals surface area contributed by atoms with Gasteiger partial charge in [-0.2, -0.15) is 9.97 Å². The van der Waals surface area contributed by atoms with Crippen molar-refractivity contribution in [1.29, 1.82) is 0 Å². The van der Waals surface area contributed by atoms with Crippen molar-refractivity contribution >= 4 is 39.1 Å². The van der Waals surface area contributed by atoms with Gasteiger partial charge in [0.2, 0.25) is 0 Å². The average molecular weight is 562 g/mol. The smallest absolute Gasteiger partial charge is 0.319 e. The van der Waals surface area contributed by atoms with Crippen LogP contribution < -0.4 is 9.64 Å². The molecule has 0 N–H and O–H groups in total. The Kier molecular flexibility index (Phi) is 6.72. The second-order valence-electron chi connectivity index (χ2n) is 11.6. The third-order valence-electron chi connectivity index (χ3n) is 9.05. The topological polar surface area (TPSA) is 63.6 Å². The Labute approximate surface area is 238 Å². The third-order valence-corrected chi connectivity index (χ3v) is 9.36. The molecule has 0 radical (unpaired) electrons. The molecule has 1 aliphatic carbocycles. The highest BCUT2D eigenvalue weighted by Gasteiger charge is 2.35. The molecular formula is C31H33ClFN5O2. The van der Waals surface area contributed by atoms with Crippen LogP contribution in [0.5, 0.6) is 6.01 Å². The number of hydrogen-bond acceptors (Lipinski definition) is 7. The van der Waals surface area contributed by atoms with Gasteiger partial charge in [-0.1, -0.05) is 41.9 Å². The largest absolute Gasteiger partial charge is 0.462 e. The number of likely N-dealkylation sites (N-methyl/N-ethyl adjacent to an activating group) is 1. The van der Waals surface area contributed by atoms with Crippen LogP contribution in [0.15, 0.2) is 42.6 Å². The third kappa shape index (κ3) is 4.56. The Bertz CT molecular complexity index is 1570. The summed E-state index contributed by atoms with van der Waals surface area (Å²) in [6.45, 7) is 3.07. The highest BCUT2D eigenvalue weighted by Crippen LogP contribution is 2.41. The number of halogens is 2. The van der Waals surface area contributed by atoms with E-state index >= 15 is 4.39 Å². The summed E-state index contributed by atoms with van der Waals surface area (Å²) in [5.74, 6) is 1.50. The summed E-state index contributed by atoms with van der Waals surface area (Å²) in [6.07, 6.45) is 6.49. The number of pyridine rings is 1. The van der Waals surface area contributed by atoms with Crippen LogP contribution in [0.3, 0.4) is 0 Å². The molecule has 4 heterocycles. The van der Waals surface area contributed by atoms with E-state index in [1.54, 1.807) is 13.3 Å². The van der Waals surface area contributed by atoms with Crippen LogP contribution >= 0.6 is 11.6 Å². The minimum atomic E-state index is -0.490. The number of nitrogens with zero attached hydrogens (tertiary/aromatic N) is 5. The van der Waals surface area contributed by atoms with Gasteiger partial charge in [0.1, 0.15) is 23.6 Å². The Hall–Kier alpha value is -3.07. The summed E-state index contributed by atoms with van der Waals surface area (Å²) in [5, 5.41) is 2.87. The maximum absolute atomic E-state index is 16.5. The number of anilines is 1. The van der Waals surface area contributed by atoms with Crippen LogP contribution in [-0.2, 0) is 4.74 Å². The van der Waals surface area contributed by atoms with E-state index in [2.05, 4.69) is 26.8 Å². The van der Waals surface area contributed by atoms with Crippen LogP contribution in [0, 0.1) is 17.7 Å². The molecule has 2 saturated heterocycles. The number of likely N-dealkylation sites (tertiary alicyclic amines) is 1. The molecule has 7 nitrogen and oxygen atoms in total. The fourth-order valence-electron chi connectivity index (χ4n) is 6.95. The Morgan fingerprint density at radius 3 is 2.55 bits per heavy atom. The Morgan fingerprint density at radius 1 is 1.02 bits per heavy atom. The monoisotopic (exact) mass is 561 g/mol. The molecule has 3 aliphatic rings. The summed E-state index contributed by atoms with van der Waals surface area (Å²) in [5.41, 5.74) is 1.08. The molecule has 208 valence electrons. The van der Waals surface area contributed by atoms with Gasteiger partial charge < -0.3 is 14.4 Å². The van der Waals surface area contributed by atoms with E-state index in [-0.39, 0.29) is 29.4 Å². The van der Waals surface area contributed by atoms with Gasteiger partial charge in [0.15, 0.2) is 5.82 Å². The predicted octanol–water partition coefficient (Wildman–Crippen LogP) is 5.97. The summed E-state index contributed by atoms with van der Waals surface area (Å²) >= 11 is 6.59. The van der Waals surface area contributed by atoms with Crippen molar-refractivity contribution < 1.29 is 13.9 Å². The molecule has 2 bridgehead atoms. The fraction of sp³-hybridized carbons (Fsp3) is 0.452. The maximum atomic E-state index is 16.5. The van der Waals surface area contributed by atoms with Gasteiger partial charge in [-0.25, -0.2) is 4.39 Å². The molecular weight excluding hydrogens is 529 g/mol. The van der Waals surface area contributed by atoms with Gasteiger partial charge in [-0.15, -0.1) is 0 Å². The van der Waals surface area contributed by atoms with Crippen molar-refractivity contribution in [2.45, 2.75) is 37.8 Å². The van der Waals surface area contributed by atoms with Crippen molar-refractivity contribution in [2.75, 3.05) is 45.3 Å². The molecule has 2 unspecified atom stereocenters. The lowest BCUT2D eigenvalue weighted by molar-refractivity contribution is 0.111. The first kappa shape index (κ1) is 25.9. The lowest BCUT2D eigenvalue weighted by Gasteiger charge is -2.33. The lowest BCUT2D eigenvalue weighted by atomic mass is 9.98. The lowest BCUT2D eigenvalue weighted by Crippen LogP contribution is -2.37. The van der Waals surface area contributed by atoms with Gasteiger partial charge in [0.05, 0.1) is 11.5 Å². The van der Waals surface area contributed by atoms with Crippen LogP contribution in [0.4, 0.5) is 10.2 Å². The quantitative estimate of drug-likeness (QED) is 0.287. The van der Waals surface area contributed by atoms with E-state index in [0.717, 1.165) is 36.8 Å². The summed E-state index contributed by atoms with van der Waals surface area (Å²) < 4.78 is 28.3. The molecule has 40 heavy (non-hydrogen) atoms. The number of hydrogen-bond donors (Lipinski definition) is 0. The molecule has 4 aromatic rings. The number of rotatable bonds is 6. The van der Waals surface area contributed by atoms with E-state index in [1.807, 2.05) is 36.4 Å². The zero-order valence-corrected chi connectivity index (χ0v) is 23.6.